The zero-order chi connectivity index (χ0) is 15.4. The summed E-state index contributed by atoms with van der Waals surface area (Å²) in [5.74, 6) is 0.00472. The van der Waals surface area contributed by atoms with E-state index in [0.29, 0.717) is 21.4 Å². The number of Topliss-reactive ketones (excluding diaryl/α,β-unsaturated/α-hetero) is 1. The van der Waals surface area contributed by atoms with Gasteiger partial charge in [0, 0.05) is 10.6 Å². The first-order valence-electron chi connectivity index (χ1n) is 5.82. The van der Waals surface area contributed by atoms with Gasteiger partial charge in [-0.3, -0.25) is 4.79 Å². The third kappa shape index (κ3) is 3.89. The fourth-order valence-corrected chi connectivity index (χ4v) is 2.25. The van der Waals surface area contributed by atoms with E-state index in [4.69, 9.17) is 44.8 Å². The van der Waals surface area contributed by atoms with Crippen molar-refractivity contribution in [3.8, 4) is 11.8 Å². The van der Waals surface area contributed by atoms with Crippen LogP contribution in [0.2, 0.25) is 15.1 Å². The Hall–Kier alpha value is -1.73. The lowest BCUT2D eigenvalue weighted by Gasteiger charge is -2.08. The predicted molar refractivity (Wildman–Crippen MR) is 82.5 cm³/mol. The van der Waals surface area contributed by atoms with Gasteiger partial charge in [-0.1, -0.05) is 34.8 Å². The van der Waals surface area contributed by atoms with Crippen molar-refractivity contribution in [1.29, 1.82) is 5.26 Å². The molecule has 3 nitrogen and oxygen atoms in total. The van der Waals surface area contributed by atoms with Crippen molar-refractivity contribution in [1.82, 2.24) is 0 Å². The molecule has 0 radical (unpaired) electrons. The molecule has 0 fully saturated rings. The van der Waals surface area contributed by atoms with Gasteiger partial charge in [0.1, 0.15) is 5.75 Å². The highest BCUT2D eigenvalue weighted by Crippen LogP contribution is 2.26. The van der Waals surface area contributed by atoms with Crippen LogP contribution in [0.1, 0.15) is 15.9 Å². The molecule has 2 aromatic carbocycles. The van der Waals surface area contributed by atoms with Gasteiger partial charge in [0.2, 0.25) is 5.78 Å². The monoisotopic (exact) mass is 339 g/mol. The molecule has 6 heteroatoms. The number of nitriles is 1. The predicted octanol–water partition coefficient (Wildman–Crippen LogP) is 4.78. The normalized spacial score (nSPS) is 10.0. The second-order valence-corrected chi connectivity index (χ2v) is 5.34. The van der Waals surface area contributed by atoms with Crippen LogP contribution in [-0.4, -0.2) is 12.4 Å². The standard InChI is InChI=1S/C15H8Cl3NO2/c16-10-2-3-12(17)11(6-10)14(20)8-21-15-4-1-9(7-19)5-13(15)18/h1-6H,8H2. The molecule has 0 atom stereocenters. The Morgan fingerprint density at radius 3 is 2.52 bits per heavy atom. The SMILES string of the molecule is N#Cc1ccc(OCC(=O)c2cc(Cl)ccc2Cl)c(Cl)c1. The van der Waals surface area contributed by atoms with Crippen LogP contribution in [0.15, 0.2) is 36.4 Å². The molecule has 0 saturated carbocycles. The summed E-state index contributed by atoms with van der Waals surface area (Å²) in [6.45, 7) is -0.230. The van der Waals surface area contributed by atoms with E-state index in [1.807, 2.05) is 6.07 Å². The number of benzene rings is 2. The van der Waals surface area contributed by atoms with Gasteiger partial charge in [0.15, 0.2) is 6.61 Å². The molecule has 0 aliphatic heterocycles. The van der Waals surface area contributed by atoms with E-state index in [-0.39, 0.29) is 23.0 Å². The van der Waals surface area contributed by atoms with Crippen LogP contribution < -0.4 is 4.74 Å². The molecular formula is C15H8Cl3NO2. The zero-order valence-corrected chi connectivity index (χ0v) is 12.8. The van der Waals surface area contributed by atoms with Crippen molar-refractivity contribution >= 4 is 40.6 Å². The lowest BCUT2D eigenvalue weighted by molar-refractivity contribution is 0.0922. The Balaban J connectivity index is 2.11. The molecule has 106 valence electrons. The molecule has 21 heavy (non-hydrogen) atoms. The smallest absolute Gasteiger partial charge is 0.201 e. The summed E-state index contributed by atoms with van der Waals surface area (Å²) in [6.07, 6.45) is 0. The van der Waals surface area contributed by atoms with Crippen molar-refractivity contribution < 1.29 is 9.53 Å². The van der Waals surface area contributed by atoms with Crippen molar-refractivity contribution in [3.05, 3.63) is 62.6 Å². The second-order valence-electron chi connectivity index (χ2n) is 4.09. The highest BCUT2D eigenvalue weighted by Gasteiger charge is 2.13. The van der Waals surface area contributed by atoms with E-state index in [2.05, 4.69) is 0 Å². The first kappa shape index (κ1) is 15.7. The van der Waals surface area contributed by atoms with Gasteiger partial charge in [0.05, 0.1) is 21.7 Å². The molecule has 0 aliphatic rings. The lowest BCUT2D eigenvalue weighted by atomic mass is 10.1. The van der Waals surface area contributed by atoms with Gasteiger partial charge >= 0.3 is 0 Å². The maximum atomic E-state index is 12.1. The van der Waals surface area contributed by atoms with Crippen molar-refractivity contribution in [3.63, 3.8) is 0 Å². The Morgan fingerprint density at radius 1 is 1.10 bits per heavy atom. The molecule has 2 rings (SSSR count). The molecule has 0 amide bonds. The number of carbonyl (C=O) groups excluding carboxylic acids is 1. The number of nitrogens with zero attached hydrogens (tertiary/aromatic N) is 1. The Labute approximate surface area is 136 Å². The summed E-state index contributed by atoms with van der Waals surface area (Å²) in [4.78, 5) is 12.1. The van der Waals surface area contributed by atoms with Gasteiger partial charge in [-0.25, -0.2) is 0 Å². The zero-order valence-electron chi connectivity index (χ0n) is 10.6. The molecule has 2 aromatic rings. The molecule has 0 unspecified atom stereocenters. The third-order valence-corrected chi connectivity index (χ3v) is 3.51. The van der Waals surface area contributed by atoms with E-state index in [1.165, 1.54) is 18.2 Å². The minimum Gasteiger partial charge on any atom is -0.484 e. The van der Waals surface area contributed by atoms with Gasteiger partial charge in [0.25, 0.3) is 0 Å². The highest BCUT2D eigenvalue weighted by molar-refractivity contribution is 6.36. The summed E-state index contributed by atoms with van der Waals surface area (Å²) in [5.41, 5.74) is 0.700. The number of ketones is 1. The first-order valence-corrected chi connectivity index (χ1v) is 6.95. The van der Waals surface area contributed by atoms with Crippen molar-refractivity contribution in [2.75, 3.05) is 6.61 Å². The largest absolute Gasteiger partial charge is 0.484 e. The van der Waals surface area contributed by atoms with E-state index >= 15 is 0 Å². The van der Waals surface area contributed by atoms with E-state index < -0.39 is 0 Å². The number of ether oxygens (including phenoxy) is 1. The Kier molecular flexibility index (Phi) is 5.08. The topological polar surface area (TPSA) is 50.1 Å². The molecule has 0 N–H and O–H groups in total. The average Bonchev–Trinajstić information content (AvgIpc) is 2.48. The fourth-order valence-electron chi connectivity index (χ4n) is 1.62. The quantitative estimate of drug-likeness (QED) is 0.753. The van der Waals surface area contributed by atoms with Crippen LogP contribution in [-0.2, 0) is 0 Å². The summed E-state index contributed by atoms with van der Waals surface area (Å²) in [7, 11) is 0. The molecule has 0 spiro atoms. The number of halogens is 3. The maximum absolute atomic E-state index is 12.1. The van der Waals surface area contributed by atoms with Crippen LogP contribution in [0.3, 0.4) is 0 Å². The van der Waals surface area contributed by atoms with Crippen molar-refractivity contribution in [2.24, 2.45) is 0 Å². The summed E-state index contributed by atoms with van der Waals surface area (Å²) in [5, 5.41) is 9.73. The minimum absolute atomic E-state index is 0.230. The van der Waals surface area contributed by atoms with E-state index in [1.54, 1.807) is 18.2 Å². The summed E-state index contributed by atoms with van der Waals surface area (Å²) in [6, 6.07) is 11.1. The van der Waals surface area contributed by atoms with Gasteiger partial charge in [-0.05, 0) is 36.4 Å². The minimum atomic E-state index is -0.317. The van der Waals surface area contributed by atoms with Crippen LogP contribution in [0.25, 0.3) is 0 Å². The lowest BCUT2D eigenvalue weighted by Crippen LogP contribution is -2.12. The summed E-state index contributed by atoms with van der Waals surface area (Å²) < 4.78 is 5.35. The first-order chi connectivity index (χ1) is 10.0. The highest BCUT2D eigenvalue weighted by atomic mass is 35.5. The maximum Gasteiger partial charge on any atom is 0.201 e. The van der Waals surface area contributed by atoms with Gasteiger partial charge in [-0.15, -0.1) is 0 Å². The number of rotatable bonds is 4. The molecule has 0 heterocycles. The molecule has 0 aromatic heterocycles. The van der Waals surface area contributed by atoms with Crippen LogP contribution in [0.4, 0.5) is 0 Å². The van der Waals surface area contributed by atoms with Gasteiger partial charge < -0.3 is 4.74 Å². The second kappa shape index (κ2) is 6.82. The number of hydrogen-bond acceptors (Lipinski definition) is 3. The third-order valence-electron chi connectivity index (χ3n) is 2.65. The Morgan fingerprint density at radius 2 is 1.86 bits per heavy atom. The molecule has 0 bridgehead atoms. The molecule has 0 aliphatic carbocycles. The van der Waals surface area contributed by atoms with Crippen LogP contribution >= 0.6 is 34.8 Å². The van der Waals surface area contributed by atoms with E-state index in [9.17, 15) is 4.79 Å². The van der Waals surface area contributed by atoms with Crippen LogP contribution in [0, 0.1) is 11.3 Å². The molecule has 0 saturated heterocycles. The number of hydrogen-bond donors (Lipinski definition) is 0. The Bertz CT molecular complexity index is 738. The van der Waals surface area contributed by atoms with Crippen LogP contribution in [0.5, 0.6) is 5.75 Å². The summed E-state index contributed by atoms with van der Waals surface area (Å²) >= 11 is 17.7. The van der Waals surface area contributed by atoms with Gasteiger partial charge in [-0.2, -0.15) is 5.26 Å². The average molecular weight is 341 g/mol. The van der Waals surface area contributed by atoms with E-state index in [0.717, 1.165) is 0 Å². The molecular weight excluding hydrogens is 333 g/mol. The number of carbonyl (C=O) groups is 1. The van der Waals surface area contributed by atoms with Crippen molar-refractivity contribution in [2.45, 2.75) is 0 Å². The fraction of sp³-hybridized carbons (Fsp3) is 0.0667.